The first-order valence-corrected chi connectivity index (χ1v) is 4.11. The summed E-state index contributed by atoms with van der Waals surface area (Å²) in [4.78, 5) is 10.6. The molecule has 3 nitrogen and oxygen atoms in total. The number of carbonyl (C=O) groups excluding carboxylic acids is 1. The van der Waals surface area contributed by atoms with Gasteiger partial charge in [-0.1, -0.05) is 24.3 Å². The van der Waals surface area contributed by atoms with Crippen molar-refractivity contribution in [2.45, 2.75) is 0 Å². The van der Waals surface area contributed by atoms with Crippen LogP contribution in [0.3, 0.4) is 0 Å². The van der Waals surface area contributed by atoms with Crippen LogP contribution >= 0.6 is 0 Å². The summed E-state index contributed by atoms with van der Waals surface area (Å²) in [6, 6.07) is 9.69. The molecule has 0 spiro atoms. The first-order valence-electron chi connectivity index (χ1n) is 4.11. The molecule has 0 saturated carbocycles. The summed E-state index contributed by atoms with van der Waals surface area (Å²) in [6.45, 7) is 0. The van der Waals surface area contributed by atoms with E-state index in [9.17, 15) is 15.0 Å². The van der Waals surface area contributed by atoms with Crippen LogP contribution < -0.4 is 74.0 Å². The second-order valence-electron chi connectivity index (χ2n) is 3.00. The maximum atomic E-state index is 10.6. The normalized spacial score (nSPS) is 9.60. The van der Waals surface area contributed by atoms with Crippen molar-refractivity contribution < 1.29 is 83.9 Å². The van der Waals surface area contributed by atoms with Crippen molar-refractivity contribution in [1.82, 2.24) is 0 Å². The molecule has 0 aliphatic rings. The molecule has 15 heavy (non-hydrogen) atoms. The molecule has 2 aromatic carbocycles. The molecular formula is C11H7CsO3. The molecule has 70 valence electrons. The average molecular weight is 320 g/mol. The van der Waals surface area contributed by atoms with E-state index in [1.807, 2.05) is 0 Å². The maximum Gasteiger partial charge on any atom is 1.00 e. The summed E-state index contributed by atoms with van der Waals surface area (Å²) >= 11 is 0. The molecule has 0 amide bonds. The van der Waals surface area contributed by atoms with Gasteiger partial charge in [-0.25, -0.2) is 0 Å². The van der Waals surface area contributed by atoms with Gasteiger partial charge >= 0.3 is 68.9 Å². The van der Waals surface area contributed by atoms with Crippen molar-refractivity contribution in [2.24, 2.45) is 0 Å². The van der Waals surface area contributed by atoms with Crippen molar-refractivity contribution in [3.63, 3.8) is 0 Å². The molecule has 0 atom stereocenters. The summed E-state index contributed by atoms with van der Waals surface area (Å²) in [7, 11) is 0. The molecule has 0 bridgehead atoms. The van der Waals surface area contributed by atoms with Gasteiger partial charge in [0.15, 0.2) is 0 Å². The van der Waals surface area contributed by atoms with E-state index < -0.39 is 5.97 Å². The van der Waals surface area contributed by atoms with Gasteiger partial charge in [0.1, 0.15) is 5.75 Å². The van der Waals surface area contributed by atoms with Crippen LogP contribution in [0.4, 0.5) is 0 Å². The zero-order chi connectivity index (χ0) is 10.1. The van der Waals surface area contributed by atoms with E-state index in [0.717, 1.165) is 0 Å². The third-order valence-electron chi connectivity index (χ3n) is 2.08. The number of phenols is 1. The molecule has 0 saturated heterocycles. The fraction of sp³-hybridized carbons (Fsp3) is 0. The molecule has 0 aliphatic carbocycles. The van der Waals surface area contributed by atoms with Crippen LogP contribution in [-0.4, -0.2) is 11.1 Å². The summed E-state index contributed by atoms with van der Waals surface area (Å²) in [6.07, 6.45) is 0. The number of fused-ring (bicyclic) bond motifs is 1. The second kappa shape index (κ2) is 5.38. The van der Waals surface area contributed by atoms with Gasteiger partial charge in [-0.15, -0.1) is 0 Å². The number of rotatable bonds is 1. The Morgan fingerprint density at radius 2 is 1.87 bits per heavy atom. The predicted octanol–water partition coefficient (Wildman–Crippen LogP) is -2.09. The average Bonchev–Trinajstić information content (AvgIpc) is 2.17. The van der Waals surface area contributed by atoms with Gasteiger partial charge in [0, 0.05) is 10.9 Å². The Hall–Kier alpha value is 0.0219. The Bertz CT molecular complexity index is 508. The molecule has 0 radical (unpaired) electrons. The van der Waals surface area contributed by atoms with Gasteiger partial charge in [-0.2, -0.15) is 0 Å². The van der Waals surface area contributed by atoms with Gasteiger partial charge in [-0.05, 0) is 17.5 Å². The fourth-order valence-corrected chi connectivity index (χ4v) is 1.41. The number of phenolic OH excluding ortho intramolecular Hbond substituents is 1. The molecule has 2 rings (SSSR count). The number of carboxylic acid groups (broad SMARTS) is 1. The third-order valence-corrected chi connectivity index (χ3v) is 2.08. The zero-order valence-electron chi connectivity index (χ0n) is 8.23. The first-order chi connectivity index (χ1) is 6.68. The van der Waals surface area contributed by atoms with E-state index in [1.54, 1.807) is 24.3 Å². The second-order valence-corrected chi connectivity index (χ2v) is 3.00. The van der Waals surface area contributed by atoms with Gasteiger partial charge in [0.25, 0.3) is 0 Å². The number of carbonyl (C=O) groups is 1. The molecule has 0 unspecified atom stereocenters. The molecule has 0 aliphatic heterocycles. The van der Waals surface area contributed by atoms with E-state index in [0.29, 0.717) is 10.8 Å². The number of hydrogen-bond acceptors (Lipinski definition) is 3. The van der Waals surface area contributed by atoms with Crippen LogP contribution in [0.15, 0.2) is 36.4 Å². The van der Waals surface area contributed by atoms with E-state index in [-0.39, 0.29) is 80.2 Å². The van der Waals surface area contributed by atoms with Crippen LogP contribution in [0.2, 0.25) is 0 Å². The molecule has 0 aromatic heterocycles. The SMILES string of the molecule is O=C([O-])c1cc(O)c2ccccc2c1.[Cs+]. The monoisotopic (exact) mass is 320 g/mol. The minimum atomic E-state index is -1.29. The molecule has 4 heteroatoms. The Morgan fingerprint density at radius 3 is 2.53 bits per heavy atom. The molecule has 0 fully saturated rings. The molecule has 0 heterocycles. The van der Waals surface area contributed by atoms with E-state index in [1.165, 1.54) is 12.1 Å². The number of carboxylic acids is 1. The van der Waals surface area contributed by atoms with Crippen molar-refractivity contribution in [3.05, 3.63) is 42.0 Å². The fourth-order valence-electron chi connectivity index (χ4n) is 1.41. The quantitative estimate of drug-likeness (QED) is 0.656. The molecule has 2 aromatic rings. The summed E-state index contributed by atoms with van der Waals surface area (Å²) in [5.41, 5.74) is -0.0128. The largest absolute Gasteiger partial charge is 1.00 e. The summed E-state index contributed by atoms with van der Waals surface area (Å²) in [5, 5.41) is 21.4. The number of benzene rings is 2. The topological polar surface area (TPSA) is 60.4 Å². The molecular weight excluding hydrogens is 313 g/mol. The van der Waals surface area contributed by atoms with Crippen LogP contribution in [0.1, 0.15) is 10.4 Å². The number of aromatic carboxylic acids is 1. The van der Waals surface area contributed by atoms with E-state index >= 15 is 0 Å². The number of aromatic hydroxyl groups is 1. The minimum absolute atomic E-state index is 0. The van der Waals surface area contributed by atoms with Gasteiger partial charge in [0.2, 0.25) is 0 Å². The van der Waals surface area contributed by atoms with E-state index in [4.69, 9.17) is 0 Å². The Morgan fingerprint density at radius 1 is 1.20 bits per heavy atom. The van der Waals surface area contributed by atoms with Crippen LogP contribution in [0.25, 0.3) is 10.8 Å². The number of hydrogen-bond donors (Lipinski definition) is 1. The predicted molar refractivity (Wildman–Crippen MR) is 49.9 cm³/mol. The minimum Gasteiger partial charge on any atom is -0.545 e. The summed E-state index contributed by atoms with van der Waals surface area (Å²) < 4.78 is 0. The van der Waals surface area contributed by atoms with Crippen molar-refractivity contribution in [2.75, 3.05) is 0 Å². The third kappa shape index (κ3) is 2.78. The van der Waals surface area contributed by atoms with Gasteiger partial charge < -0.3 is 15.0 Å². The van der Waals surface area contributed by atoms with Crippen molar-refractivity contribution >= 4 is 16.7 Å². The Balaban J connectivity index is 0.00000112. The smallest absolute Gasteiger partial charge is 0.545 e. The summed E-state index contributed by atoms with van der Waals surface area (Å²) in [5.74, 6) is -1.33. The van der Waals surface area contributed by atoms with Crippen LogP contribution in [0.5, 0.6) is 5.75 Å². The zero-order valence-corrected chi connectivity index (χ0v) is 14.5. The van der Waals surface area contributed by atoms with E-state index in [2.05, 4.69) is 0 Å². The van der Waals surface area contributed by atoms with Crippen LogP contribution in [-0.2, 0) is 0 Å². The van der Waals surface area contributed by atoms with Gasteiger partial charge in [0.05, 0.1) is 5.97 Å². The van der Waals surface area contributed by atoms with Gasteiger partial charge in [-0.3, -0.25) is 0 Å². The van der Waals surface area contributed by atoms with Crippen molar-refractivity contribution in [1.29, 1.82) is 0 Å². The first kappa shape index (κ1) is 13.1. The molecule has 1 N–H and O–H groups in total. The van der Waals surface area contributed by atoms with Crippen LogP contribution in [0, 0.1) is 0 Å². The van der Waals surface area contributed by atoms with Crippen molar-refractivity contribution in [3.8, 4) is 5.75 Å². The Labute approximate surface area is 146 Å². The standard InChI is InChI=1S/C11H8O3.Cs/c12-10-6-8(11(13)14)5-7-3-1-2-4-9(7)10;/h1-6,12H,(H,13,14);/q;+1/p-1. The maximum absolute atomic E-state index is 10.6. The Kier molecular flexibility index (Phi) is 4.69.